The van der Waals surface area contributed by atoms with Crippen LogP contribution in [0.1, 0.15) is 26.7 Å². The van der Waals surface area contributed by atoms with E-state index in [9.17, 15) is 4.89 Å². The van der Waals surface area contributed by atoms with Gasteiger partial charge in [-0.2, -0.15) is 0 Å². The van der Waals surface area contributed by atoms with Gasteiger partial charge in [0, 0.05) is 0 Å². The minimum Gasteiger partial charge on any atom is -0.380 e. The summed E-state index contributed by atoms with van der Waals surface area (Å²) in [7, 11) is -1.38. The minimum absolute atomic E-state index is 0.691. The lowest BCUT2D eigenvalue weighted by Crippen LogP contribution is -2.05. The second kappa shape index (κ2) is 3.19. The van der Waals surface area contributed by atoms with Crippen LogP contribution in [0.2, 0.25) is 0 Å². The highest BCUT2D eigenvalue weighted by Gasteiger charge is 2.29. The Hall–Kier alpha value is 0.390. The monoisotopic (exact) mass is 161 g/mol. The largest absolute Gasteiger partial charge is 0.380 e. The van der Waals surface area contributed by atoms with Gasteiger partial charge in [-0.1, -0.05) is 13.8 Å². The van der Waals surface area contributed by atoms with Crippen LogP contribution in [0.4, 0.5) is 0 Å². The fraction of sp³-hybridized carbons (Fsp3) is 1.00. The maximum Gasteiger partial charge on any atom is -0.0114 e. The molecule has 0 aliphatic carbocycles. The second-order valence-electron chi connectivity index (χ2n) is 3.83. The Morgan fingerprint density at radius 2 is 1.80 bits per heavy atom. The van der Waals surface area contributed by atoms with Crippen molar-refractivity contribution in [2.75, 3.05) is 18.5 Å². The van der Waals surface area contributed by atoms with Crippen LogP contribution in [0.5, 0.6) is 0 Å². The molecule has 10 heavy (non-hydrogen) atoms. The molecule has 0 bridgehead atoms. The van der Waals surface area contributed by atoms with E-state index in [4.69, 9.17) is 0 Å². The van der Waals surface area contributed by atoms with E-state index in [-0.39, 0.29) is 0 Å². The Bertz CT molecular complexity index is 106. The van der Waals surface area contributed by atoms with E-state index in [1.165, 1.54) is 12.8 Å². The molecule has 1 fully saturated rings. The summed E-state index contributed by atoms with van der Waals surface area (Å²) in [6.45, 7) is 4.41. The molecule has 0 aromatic rings. The first kappa shape index (κ1) is 8.49. The predicted octanol–water partition coefficient (Wildman–Crippen LogP) is 2.36. The lowest BCUT2D eigenvalue weighted by atomic mass is 10.3. The van der Waals surface area contributed by atoms with Crippen LogP contribution >= 0.6 is 7.49 Å². The first-order valence-corrected chi connectivity index (χ1v) is 6.51. The third-order valence-corrected chi connectivity index (χ3v) is 5.81. The van der Waals surface area contributed by atoms with Gasteiger partial charge in [-0.05, 0) is 44.7 Å². The molecule has 1 rings (SSSR count). The maximum atomic E-state index is 9.97. The van der Waals surface area contributed by atoms with E-state index in [1.54, 1.807) is 0 Å². The normalized spacial score (nSPS) is 24.0. The summed E-state index contributed by atoms with van der Waals surface area (Å²) in [6.07, 6.45) is 5.94. The summed E-state index contributed by atoms with van der Waals surface area (Å²) < 4.78 is 0. The molecule has 0 amide bonds. The van der Waals surface area contributed by atoms with Crippen LogP contribution in [0.3, 0.4) is 0 Å². The molecular weight excluding hydrogens is 143 g/mol. The highest BCUT2D eigenvalue weighted by atomic mass is 31.2. The molecule has 1 heterocycles. The quantitative estimate of drug-likeness (QED) is 0.616. The second-order valence-corrected chi connectivity index (χ2v) is 7.28. The summed E-state index contributed by atoms with van der Waals surface area (Å²) in [5, 5.41) is 0. The van der Waals surface area contributed by atoms with Crippen LogP contribution in [0.15, 0.2) is 0 Å². The van der Waals surface area contributed by atoms with Gasteiger partial charge in [0.1, 0.15) is 0 Å². The Morgan fingerprint density at radius 1 is 1.30 bits per heavy atom. The Balaban J connectivity index is 2.36. The van der Waals surface area contributed by atoms with Crippen LogP contribution < -0.4 is 0 Å². The molecule has 0 spiro atoms. The zero-order valence-corrected chi connectivity index (χ0v) is 7.90. The molecule has 2 heteroatoms. The van der Waals surface area contributed by atoms with Crippen LogP contribution in [0.25, 0.3) is 0 Å². The number of hydrogen-bond donors (Lipinski definition) is 1. The Labute approximate surface area is 64.3 Å². The molecular formula is C8H18OP. The van der Waals surface area contributed by atoms with Gasteiger partial charge in [0.2, 0.25) is 0 Å². The van der Waals surface area contributed by atoms with Crippen molar-refractivity contribution in [1.82, 2.24) is 0 Å². The van der Waals surface area contributed by atoms with Crippen molar-refractivity contribution < 1.29 is 4.89 Å². The van der Waals surface area contributed by atoms with Gasteiger partial charge in [0.05, 0.1) is 0 Å². The Kier molecular flexibility index (Phi) is 2.71. The first-order chi connectivity index (χ1) is 4.62. The average Bonchev–Trinajstić information content (AvgIpc) is 2.12. The fourth-order valence-corrected chi connectivity index (χ4v) is 5.36. The molecule has 0 aromatic carbocycles. The van der Waals surface area contributed by atoms with Crippen molar-refractivity contribution in [3.63, 3.8) is 0 Å². The van der Waals surface area contributed by atoms with E-state index in [0.717, 1.165) is 18.5 Å². The summed E-state index contributed by atoms with van der Waals surface area (Å²) in [4.78, 5) is 9.97. The standard InChI is InChI=1S/C8H18OP/c1-8(2)7-10(9)5-3-4-6-10/h8-9H,3-7H2,1-2H3. The Morgan fingerprint density at radius 3 is 2.20 bits per heavy atom. The molecule has 1 radical (unpaired) electrons. The van der Waals surface area contributed by atoms with E-state index in [2.05, 4.69) is 13.8 Å². The van der Waals surface area contributed by atoms with Gasteiger partial charge >= 0.3 is 0 Å². The molecule has 1 nitrogen and oxygen atoms in total. The molecule has 1 saturated heterocycles. The zero-order valence-electron chi connectivity index (χ0n) is 7.01. The topological polar surface area (TPSA) is 20.2 Å². The third-order valence-electron chi connectivity index (χ3n) is 2.10. The van der Waals surface area contributed by atoms with E-state index in [0.29, 0.717) is 5.92 Å². The summed E-state index contributed by atoms with van der Waals surface area (Å²) >= 11 is 0. The zero-order chi connectivity index (χ0) is 7.61. The third kappa shape index (κ3) is 2.21. The van der Waals surface area contributed by atoms with E-state index in [1.807, 2.05) is 0 Å². The van der Waals surface area contributed by atoms with Crippen molar-refractivity contribution in [1.29, 1.82) is 0 Å². The fourth-order valence-electron chi connectivity index (χ4n) is 1.79. The summed E-state index contributed by atoms with van der Waals surface area (Å²) in [6, 6.07) is 0. The van der Waals surface area contributed by atoms with Crippen molar-refractivity contribution in [3.8, 4) is 0 Å². The SMILES string of the molecule is CC(C)C[P]1(O)CCCC1. The summed E-state index contributed by atoms with van der Waals surface area (Å²) in [5.74, 6) is 0.691. The maximum absolute atomic E-state index is 9.97. The molecule has 1 aliphatic rings. The molecule has 1 aliphatic heterocycles. The first-order valence-electron chi connectivity index (χ1n) is 4.21. The van der Waals surface area contributed by atoms with Gasteiger partial charge in [-0.3, -0.25) is 0 Å². The van der Waals surface area contributed by atoms with Gasteiger partial charge in [0.25, 0.3) is 0 Å². The summed E-state index contributed by atoms with van der Waals surface area (Å²) in [5.41, 5.74) is 0. The number of rotatable bonds is 2. The van der Waals surface area contributed by atoms with Crippen LogP contribution in [0, 0.1) is 5.92 Å². The molecule has 0 unspecified atom stereocenters. The number of hydrogen-bond acceptors (Lipinski definition) is 1. The lowest BCUT2D eigenvalue weighted by Gasteiger charge is -2.26. The van der Waals surface area contributed by atoms with E-state index >= 15 is 0 Å². The minimum atomic E-state index is -1.38. The van der Waals surface area contributed by atoms with Crippen molar-refractivity contribution in [2.24, 2.45) is 5.92 Å². The van der Waals surface area contributed by atoms with Crippen molar-refractivity contribution in [3.05, 3.63) is 0 Å². The van der Waals surface area contributed by atoms with Crippen LogP contribution in [-0.2, 0) is 0 Å². The lowest BCUT2D eigenvalue weighted by molar-refractivity contribution is 0.585. The highest BCUT2D eigenvalue weighted by molar-refractivity contribution is 7.70. The highest BCUT2D eigenvalue weighted by Crippen LogP contribution is 2.60. The molecule has 61 valence electrons. The average molecular weight is 161 g/mol. The molecule has 0 saturated carbocycles. The molecule has 0 aromatic heterocycles. The van der Waals surface area contributed by atoms with Gasteiger partial charge in [-0.25, -0.2) is 0 Å². The van der Waals surface area contributed by atoms with Crippen molar-refractivity contribution >= 4 is 7.49 Å². The van der Waals surface area contributed by atoms with Crippen molar-refractivity contribution in [2.45, 2.75) is 26.7 Å². The van der Waals surface area contributed by atoms with Gasteiger partial charge < -0.3 is 4.89 Å². The smallest absolute Gasteiger partial charge is 0.0114 e. The molecule has 0 atom stereocenters. The van der Waals surface area contributed by atoms with Gasteiger partial charge in [-0.15, -0.1) is 0 Å². The van der Waals surface area contributed by atoms with E-state index < -0.39 is 7.49 Å². The predicted molar refractivity (Wildman–Crippen MR) is 47.8 cm³/mol. The van der Waals surface area contributed by atoms with Gasteiger partial charge in [0.15, 0.2) is 0 Å². The molecule has 1 N–H and O–H groups in total. The van der Waals surface area contributed by atoms with Crippen LogP contribution in [-0.4, -0.2) is 23.4 Å².